The van der Waals surface area contributed by atoms with Gasteiger partial charge in [0.15, 0.2) is 0 Å². The zero-order valence-corrected chi connectivity index (χ0v) is 11.7. The van der Waals surface area contributed by atoms with E-state index in [2.05, 4.69) is 29.0 Å². The van der Waals surface area contributed by atoms with E-state index in [9.17, 15) is 4.79 Å². The summed E-state index contributed by atoms with van der Waals surface area (Å²) in [4.78, 5) is 15.9. The van der Waals surface area contributed by atoms with Crippen molar-refractivity contribution < 1.29 is 9.53 Å². The van der Waals surface area contributed by atoms with Crippen LogP contribution in [0.1, 0.15) is 6.92 Å². The minimum Gasteiger partial charge on any atom is -0.466 e. The molecule has 0 N–H and O–H groups in total. The van der Waals surface area contributed by atoms with Gasteiger partial charge in [0.25, 0.3) is 0 Å². The summed E-state index contributed by atoms with van der Waals surface area (Å²) in [5.41, 5.74) is 3.10. The summed E-state index contributed by atoms with van der Waals surface area (Å²) in [5.74, 6) is -0.262. The number of carbonyl (C=O) groups excluding carboxylic acids is 1. The fourth-order valence-corrected chi connectivity index (χ4v) is 2.25. The van der Waals surface area contributed by atoms with Crippen LogP contribution in [0, 0.1) is 0 Å². The molecule has 1 aliphatic heterocycles. The van der Waals surface area contributed by atoms with E-state index < -0.39 is 0 Å². The first-order chi connectivity index (χ1) is 9.13. The second-order valence-corrected chi connectivity index (χ2v) is 4.74. The minimum atomic E-state index is -0.262. The van der Waals surface area contributed by atoms with Crippen molar-refractivity contribution in [3.8, 4) is 0 Å². The van der Waals surface area contributed by atoms with E-state index in [4.69, 9.17) is 4.74 Å². The number of esters is 1. The van der Waals surface area contributed by atoms with E-state index in [1.807, 2.05) is 18.2 Å². The molecular weight excluding hydrogens is 240 g/mol. The maximum atomic E-state index is 11.4. The largest absolute Gasteiger partial charge is 0.466 e. The van der Waals surface area contributed by atoms with Crippen LogP contribution in [0.25, 0.3) is 0 Å². The Bertz CT molecular complexity index is 497. The minimum absolute atomic E-state index is 0.262. The average Bonchev–Trinajstić information content (AvgIpc) is 2.45. The zero-order chi connectivity index (χ0) is 13.8. The molecule has 4 nitrogen and oxygen atoms in total. The highest BCUT2D eigenvalue weighted by atomic mass is 16.5. The number of hydrogen-bond donors (Lipinski definition) is 0. The molecule has 1 heterocycles. The van der Waals surface area contributed by atoms with Crippen LogP contribution in [0.15, 0.2) is 35.9 Å². The molecule has 0 aliphatic carbocycles. The molecule has 0 amide bonds. The molecule has 0 bridgehead atoms. The summed E-state index contributed by atoms with van der Waals surface area (Å²) in [7, 11) is 3.51. The van der Waals surface area contributed by atoms with Gasteiger partial charge in [-0.3, -0.25) is 0 Å². The lowest BCUT2D eigenvalue weighted by atomic mass is 10.1. The Hall–Kier alpha value is -1.97. The van der Waals surface area contributed by atoms with Gasteiger partial charge in [0.05, 0.1) is 18.5 Å². The standard InChI is InChI=1S/C15H20N2O2/c1-12(15(18)19-3)8-9-17-11-10-16(2)13-6-4-5-7-14(13)17/h4-8H,9-11H2,1-3H3. The number of likely N-dealkylation sites (N-methyl/N-ethyl adjacent to an activating group) is 1. The fraction of sp³-hybridized carbons (Fsp3) is 0.400. The molecule has 0 radical (unpaired) electrons. The first-order valence-electron chi connectivity index (χ1n) is 6.43. The van der Waals surface area contributed by atoms with E-state index in [1.54, 1.807) is 6.92 Å². The van der Waals surface area contributed by atoms with E-state index in [0.717, 1.165) is 19.6 Å². The van der Waals surface area contributed by atoms with Crippen LogP contribution in [0.2, 0.25) is 0 Å². The summed E-state index contributed by atoms with van der Waals surface area (Å²) < 4.78 is 4.70. The first kappa shape index (κ1) is 13.5. The lowest BCUT2D eigenvalue weighted by molar-refractivity contribution is -0.136. The Morgan fingerprint density at radius 1 is 1.32 bits per heavy atom. The first-order valence-corrected chi connectivity index (χ1v) is 6.43. The van der Waals surface area contributed by atoms with Crippen LogP contribution in [0.5, 0.6) is 0 Å². The summed E-state index contributed by atoms with van der Waals surface area (Å²) in [6.45, 7) is 4.46. The number of benzene rings is 1. The van der Waals surface area contributed by atoms with Crippen molar-refractivity contribution in [3.05, 3.63) is 35.9 Å². The molecular formula is C15H20N2O2. The van der Waals surface area contributed by atoms with Gasteiger partial charge in [-0.2, -0.15) is 0 Å². The number of para-hydroxylation sites is 2. The SMILES string of the molecule is COC(=O)C(C)=CCN1CCN(C)c2ccccc21. The molecule has 1 aliphatic rings. The Kier molecular flexibility index (Phi) is 4.10. The Balaban J connectivity index is 2.15. The predicted octanol–water partition coefficient (Wildman–Crippen LogP) is 2.06. The van der Waals surface area contributed by atoms with Crippen molar-refractivity contribution in [1.82, 2.24) is 0 Å². The summed E-state index contributed by atoms with van der Waals surface area (Å²) >= 11 is 0. The van der Waals surface area contributed by atoms with Gasteiger partial charge in [0, 0.05) is 32.3 Å². The maximum Gasteiger partial charge on any atom is 0.333 e. The second kappa shape index (κ2) is 5.78. The van der Waals surface area contributed by atoms with Crippen molar-refractivity contribution in [2.24, 2.45) is 0 Å². The summed E-state index contributed by atoms with van der Waals surface area (Å²) in [5, 5.41) is 0. The molecule has 0 saturated heterocycles. The topological polar surface area (TPSA) is 32.8 Å². The molecule has 0 atom stereocenters. The molecule has 102 valence electrons. The predicted molar refractivity (Wildman–Crippen MR) is 77.7 cm³/mol. The number of fused-ring (bicyclic) bond motifs is 1. The average molecular weight is 260 g/mol. The number of rotatable bonds is 3. The third kappa shape index (κ3) is 2.89. The number of ether oxygens (including phenoxy) is 1. The normalized spacial score (nSPS) is 15.2. The zero-order valence-electron chi connectivity index (χ0n) is 11.7. The summed E-state index contributed by atoms with van der Waals surface area (Å²) in [6.07, 6.45) is 1.92. The lowest BCUT2D eigenvalue weighted by Gasteiger charge is -2.36. The van der Waals surface area contributed by atoms with Crippen LogP contribution >= 0.6 is 0 Å². The molecule has 0 unspecified atom stereocenters. The monoisotopic (exact) mass is 260 g/mol. The van der Waals surface area contributed by atoms with E-state index in [0.29, 0.717) is 5.57 Å². The molecule has 19 heavy (non-hydrogen) atoms. The van der Waals surface area contributed by atoms with Crippen molar-refractivity contribution in [3.63, 3.8) is 0 Å². The van der Waals surface area contributed by atoms with Gasteiger partial charge in [0.1, 0.15) is 0 Å². The third-order valence-corrected chi connectivity index (χ3v) is 3.46. The second-order valence-electron chi connectivity index (χ2n) is 4.74. The van der Waals surface area contributed by atoms with Gasteiger partial charge in [-0.25, -0.2) is 4.79 Å². The number of methoxy groups -OCH3 is 1. The van der Waals surface area contributed by atoms with Crippen LogP contribution in [-0.2, 0) is 9.53 Å². The van der Waals surface area contributed by atoms with Crippen LogP contribution in [0.3, 0.4) is 0 Å². The fourth-order valence-electron chi connectivity index (χ4n) is 2.25. The van der Waals surface area contributed by atoms with Crippen molar-refractivity contribution in [1.29, 1.82) is 0 Å². The molecule has 2 rings (SSSR count). The molecule has 0 spiro atoms. The smallest absolute Gasteiger partial charge is 0.333 e. The molecule has 0 saturated carbocycles. The number of anilines is 2. The van der Waals surface area contributed by atoms with Gasteiger partial charge in [-0.15, -0.1) is 0 Å². The van der Waals surface area contributed by atoms with Crippen molar-refractivity contribution in [2.45, 2.75) is 6.92 Å². The molecule has 4 heteroatoms. The molecule has 1 aromatic rings. The van der Waals surface area contributed by atoms with Gasteiger partial charge in [0.2, 0.25) is 0 Å². The van der Waals surface area contributed by atoms with Gasteiger partial charge >= 0.3 is 5.97 Å². The Morgan fingerprint density at radius 2 is 2.00 bits per heavy atom. The highest BCUT2D eigenvalue weighted by Crippen LogP contribution is 2.31. The van der Waals surface area contributed by atoms with E-state index >= 15 is 0 Å². The molecule has 1 aromatic carbocycles. The third-order valence-electron chi connectivity index (χ3n) is 3.46. The molecule has 0 fully saturated rings. The highest BCUT2D eigenvalue weighted by Gasteiger charge is 2.18. The van der Waals surface area contributed by atoms with Crippen LogP contribution < -0.4 is 9.80 Å². The number of hydrogen-bond acceptors (Lipinski definition) is 4. The van der Waals surface area contributed by atoms with Gasteiger partial charge in [-0.1, -0.05) is 18.2 Å². The van der Waals surface area contributed by atoms with Crippen molar-refractivity contribution in [2.75, 3.05) is 43.6 Å². The Labute approximate surface area is 114 Å². The van der Waals surface area contributed by atoms with E-state index in [-0.39, 0.29) is 5.97 Å². The van der Waals surface area contributed by atoms with Crippen molar-refractivity contribution >= 4 is 17.3 Å². The van der Waals surface area contributed by atoms with E-state index in [1.165, 1.54) is 18.5 Å². The highest BCUT2D eigenvalue weighted by molar-refractivity contribution is 5.87. The Morgan fingerprint density at radius 3 is 2.68 bits per heavy atom. The van der Waals surface area contributed by atoms with Crippen LogP contribution in [0.4, 0.5) is 11.4 Å². The number of carbonyl (C=O) groups is 1. The quantitative estimate of drug-likeness (QED) is 0.615. The van der Waals surface area contributed by atoms with Gasteiger partial charge < -0.3 is 14.5 Å². The lowest BCUT2D eigenvalue weighted by Crippen LogP contribution is -2.39. The van der Waals surface area contributed by atoms with Crippen LogP contribution in [-0.4, -0.2) is 39.8 Å². The summed E-state index contributed by atoms with van der Waals surface area (Å²) in [6, 6.07) is 8.33. The molecule has 0 aromatic heterocycles. The maximum absolute atomic E-state index is 11.4. The van der Waals surface area contributed by atoms with Gasteiger partial charge in [-0.05, 0) is 19.1 Å². The number of nitrogens with zero attached hydrogens (tertiary/aromatic N) is 2.